The van der Waals surface area contributed by atoms with Crippen molar-refractivity contribution >= 4 is 23.5 Å². The van der Waals surface area contributed by atoms with Crippen molar-refractivity contribution in [3.8, 4) is 0 Å². The van der Waals surface area contributed by atoms with E-state index in [-0.39, 0.29) is 29.7 Å². The molecule has 1 aliphatic carbocycles. The Morgan fingerprint density at radius 1 is 0.971 bits per heavy atom. The molecule has 7 heteroatoms. The van der Waals surface area contributed by atoms with Gasteiger partial charge in [0.15, 0.2) is 0 Å². The van der Waals surface area contributed by atoms with E-state index in [2.05, 4.69) is 10.3 Å². The SMILES string of the molecule is Cc1ccnc(NC(=O)C2CCN(C(=O)C3CC4CCCCC4N3C(=O)c3ccccc3)CC2)c1. The monoisotopic (exact) mass is 474 g/mol. The number of hydrogen-bond acceptors (Lipinski definition) is 4. The molecule has 7 nitrogen and oxygen atoms in total. The summed E-state index contributed by atoms with van der Waals surface area (Å²) in [6.07, 6.45) is 8.02. The van der Waals surface area contributed by atoms with Gasteiger partial charge in [-0.25, -0.2) is 4.98 Å². The summed E-state index contributed by atoms with van der Waals surface area (Å²) in [6, 6.07) is 12.8. The Morgan fingerprint density at radius 2 is 1.71 bits per heavy atom. The van der Waals surface area contributed by atoms with Crippen molar-refractivity contribution in [3.05, 3.63) is 59.8 Å². The third-order valence-corrected chi connectivity index (χ3v) is 7.97. The Kier molecular flexibility index (Phi) is 6.84. The van der Waals surface area contributed by atoms with Gasteiger partial charge in [-0.1, -0.05) is 31.0 Å². The summed E-state index contributed by atoms with van der Waals surface area (Å²) in [5.41, 5.74) is 1.69. The van der Waals surface area contributed by atoms with Gasteiger partial charge < -0.3 is 15.1 Å². The molecule has 3 atom stereocenters. The zero-order chi connectivity index (χ0) is 24.4. The lowest BCUT2D eigenvalue weighted by molar-refractivity contribution is -0.138. The van der Waals surface area contributed by atoms with Crippen molar-refractivity contribution in [2.24, 2.45) is 11.8 Å². The van der Waals surface area contributed by atoms with Crippen LogP contribution in [0.3, 0.4) is 0 Å². The fourth-order valence-electron chi connectivity index (χ4n) is 6.11. The van der Waals surface area contributed by atoms with Crippen molar-refractivity contribution in [1.82, 2.24) is 14.8 Å². The van der Waals surface area contributed by atoms with Crippen LogP contribution in [0.5, 0.6) is 0 Å². The van der Waals surface area contributed by atoms with E-state index in [4.69, 9.17) is 0 Å². The van der Waals surface area contributed by atoms with E-state index in [1.165, 1.54) is 6.42 Å². The number of aromatic nitrogens is 1. The molecule has 3 amide bonds. The average Bonchev–Trinajstić information content (AvgIpc) is 3.28. The van der Waals surface area contributed by atoms with E-state index < -0.39 is 6.04 Å². The number of nitrogens with one attached hydrogen (secondary N) is 1. The van der Waals surface area contributed by atoms with Crippen LogP contribution in [0, 0.1) is 18.8 Å². The predicted molar refractivity (Wildman–Crippen MR) is 134 cm³/mol. The first-order chi connectivity index (χ1) is 17.0. The van der Waals surface area contributed by atoms with E-state index >= 15 is 0 Å². The molecule has 3 fully saturated rings. The Morgan fingerprint density at radius 3 is 2.46 bits per heavy atom. The lowest BCUT2D eigenvalue weighted by Gasteiger charge is -2.37. The largest absolute Gasteiger partial charge is 0.341 e. The van der Waals surface area contributed by atoms with Crippen LogP contribution in [0.4, 0.5) is 5.82 Å². The number of benzene rings is 1. The first-order valence-corrected chi connectivity index (χ1v) is 12.9. The molecule has 35 heavy (non-hydrogen) atoms. The zero-order valence-corrected chi connectivity index (χ0v) is 20.4. The summed E-state index contributed by atoms with van der Waals surface area (Å²) in [7, 11) is 0. The number of likely N-dealkylation sites (tertiary alicyclic amines) is 2. The summed E-state index contributed by atoms with van der Waals surface area (Å²) in [6.45, 7) is 3.04. The molecule has 3 heterocycles. The number of carbonyl (C=O) groups is 3. The summed E-state index contributed by atoms with van der Waals surface area (Å²) in [4.78, 5) is 48.0. The fourth-order valence-corrected chi connectivity index (χ4v) is 6.11. The maximum Gasteiger partial charge on any atom is 0.254 e. The molecule has 2 saturated heterocycles. The number of amides is 3. The van der Waals surface area contributed by atoms with Gasteiger partial charge in [0.1, 0.15) is 11.9 Å². The maximum atomic E-state index is 13.7. The smallest absolute Gasteiger partial charge is 0.254 e. The van der Waals surface area contributed by atoms with E-state index in [1.807, 2.05) is 59.2 Å². The number of pyridine rings is 1. The van der Waals surface area contributed by atoms with Gasteiger partial charge in [0, 0.05) is 36.8 Å². The minimum absolute atomic E-state index is 0.0294. The predicted octanol–water partition coefficient (Wildman–Crippen LogP) is 4.04. The van der Waals surface area contributed by atoms with Crippen LogP contribution in [0.2, 0.25) is 0 Å². The number of hydrogen-bond donors (Lipinski definition) is 1. The van der Waals surface area contributed by atoms with Crippen LogP contribution in [0.1, 0.15) is 60.9 Å². The van der Waals surface area contributed by atoms with Gasteiger partial charge in [-0.05, 0) is 74.8 Å². The standard InChI is InChI=1S/C28H34N4O3/c1-19-11-14-29-25(17-19)30-26(33)20-12-15-31(16-13-20)28(35)24-18-22-9-5-6-10-23(22)32(24)27(34)21-7-3-2-4-8-21/h2-4,7-8,11,14,17,20,22-24H,5-6,9-10,12-13,15-16,18H2,1H3,(H,29,30,33). The molecule has 0 spiro atoms. The third-order valence-electron chi connectivity index (χ3n) is 7.97. The highest BCUT2D eigenvalue weighted by Crippen LogP contribution is 2.41. The summed E-state index contributed by atoms with van der Waals surface area (Å²) in [5.74, 6) is 0.798. The minimum Gasteiger partial charge on any atom is -0.341 e. The molecule has 2 aliphatic heterocycles. The van der Waals surface area contributed by atoms with Crippen LogP contribution in [-0.4, -0.2) is 57.7 Å². The molecule has 1 saturated carbocycles. The van der Waals surface area contributed by atoms with Crippen LogP contribution in [0.15, 0.2) is 48.7 Å². The summed E-state index contributed by atoms with van der Waals surface area (Å²) >= 11 is 0. The highest BCUT2D eigenvalue weighted by molar-refractivity contribution is 5.98. The van der Waals surface area contributed by atoms with Crippen LogP contribution >= 0.6 is 0 Å². The van der Waals surface area contributed by atoms with Gasteiger partial charge >= 0.3 is 0 Å². The number of anilines is 1. The zero-order valence-electron chi connectivity index (χ0n) is 20.4. The van der Waals surface area contributed by atoms with Crippen LogP contribution < -0.4 is 5.32 Å². The molecule has 5 rings (SSSR count). The van der Waals surface area contributed by atoms with E-state index in [0.29, 0.717) is 43.2 Å². The quantitative estimate of drug-likeness (QED) is 0.725. The van der Waals surface area contributed by atoms with Gasteiger partial charge in [0.25, 0.3) is 5.91 Å². The minimum atomic E-state index is -0.405. The first-order valence-electron chi connectivity index (χ1n) is 12.9. The molecule has 3 aliphatic rings. The van der Waals surface area contributed by atoms with Crippen molar-refractivity contribution in [3.63, 3.8) is 0 Å². The Balaban J connectivity index is 1.25. The number of carbonyl (C=O) groups excluding carboxylic acids is 3. The highest BCUT2D eigenvalue weighted by Gasteiger charge is 2.48. The van der Waals surface area contributed by atoms with E-state index in [1.54, 1.807) is 6.20 Å². The molecule has 3 unspecified atom stereocenters. The second kappa shape index (κ2) is 10.2. The number of piperidine rings is 1. The Bertz CT molecular complexity index is 1080. The second-order valence-electron chi connectivity index (χ2n) is 10.2. The van der Waals surface area contributed by atoms with Crippen molar-refractivity contribution in [1.29, 1.82) is 0 Å². The molecular weight excluding hydrogens is 440 g/mol. The Hall–Kier alpha value is -3.22. The number of rotatable bonds is 4. The number of fused-ring (bicyclic) bond motifs is 1. The molecule has 0 radical (unpaired) electrons. The maximum absolute atomic E-state index is 13.7. The number of aryl methyl sites for hydroxylation is 1. The molecular formula is C28H34N4O3. The average molecular weight is 475 g/mol. The van der Waals surface area contributed by atoms with E-state index in [9.17, 15) is 14.4 Å². The van der Waals surface area contributed by atoms with Gasteiger partial charge in [-0.3, -0.25) is 14.4 Å². The Labute approximate surface area is 206 Å². The van der Waals surface area contributed by atoms with Gasteiger partial charge in [0.05, 0.1) is 0 Å². The topological polar surface area (TPSA) is 82.6 Å². The molecule has 1 N–H and O–H groups in total. The first kappa shape index (κ1) is 23.5. The second-order valence-corrected chi connectivity index (χ2v) is 10.2. The van der Waals surface area contributed by atoms with Gasteiger partial charge in [-0.2, -0.15) is 0 Å². The van der Waals surface area contributed by atoms with Crippen LogP contribution in [-0.2, 0) is 9.59 Å². The van der Waals surface area contributed by atoms with E-state index in [0.717, 1.165) is 31.2 Å². The highest BCUT2D eigenvalue weighted by atomic mass is 16.2. The molecule has 1 aromatic heterocycles. The fraction of sp³-hybridized carbons (Fsp3) is 0.500. The van der Waals surface area contributed by atoms with Crippen molar-refractivity contribution in [2.75, 3.05) is 18.4 Å². The molecule has 184 valence electrons. The third kappa shape index (κ3) is 4.95. The lowest BCUT2D eigenvalue weighted by atomic mass is 9.84. The van der Waals surface area contributed by atoms with Crippen LogP contribution in [0.25, 0.3) is 0 Å². The normalized spacial score (nSPS) is 24.7. The summed E-state index contributed by atoms with van der Waals surface area (Å²) in [5, 5.41) is 2.92. The molecule has 1 aromatic carbocycles. The lowest BCUT2D eigenvalue weighted by Crippen LogP contribution is -2.52. The van der Waals surface area contributed by atoms with Gasteiger partial charge in [0.2, 0.25) is 11.8 Å². The number of nitrogens with zero attached hydrogens (tertiary/aromatic N) is 3. The van der Waals surface area contributed by atoms with Crippen molar-refractivity contribution in [2.45, 2.75) is 64.0 Å². The molecule has 0 bridgehead atoms. The summed E-state index contributed by atoms with van der Waals surface area (Å²) < 4.78 is 0. The molecule has 2 aromatic rings. The van der Waals surface area contributed by atoms with Crippen molar-refractivity contribution < 1.29 is 14.4 Å². The van der Waals surface area contributed by atoms with Gasteiger partial charge in [-0.15, -0.1) is 0 Å².